The summed E-state index contributed by atoms with van der Waals surface area (Å²) in [4.78, 5) is 23.6. The second-order valence-electron chi connectivity index (χ2n) is 7.71. The van der Waals surface area contributed by atoms with Gasteiger partial charge in [0, 0.05) is 0 Å². The van der Waals surface area contributed by atoms with E-state index < -0.39 is 59.3 Å². The molecule has 0 saturated carbocycles. The smallest absolute Gasteiger partial charge is 0.346 e. The number of hydrogen-bond acceptors (Lipinski definition) is 4. The van der Waals surface area contributed by atoms with Crippen LogP contribution in [0.25, 0.3) is 11.1 Å². The summed E-state index contributed by atoms with van der Waals surface area (Å²) in [7, 11) is 0. The number of carbonyl (C=O) groups is 2. The van der Waals surface area contributed by atoms with Crippen LogP contribution < -0.4 is 9.47 Å². The molecule has 0 amide bonds. The highest BCUT2D eigenvalue weighted by atomic mass is 19.1. The van der Waals surface area contributed by atoms with E-state index in [2.05, 4.69) is 0 Å². The van der Waals surface area contributed by atoms with Gasteiger partial charge in [-0.25, -0.2) is 27.2 Å². The summed E-state index contributed by atoms with van der Waals surface area (Å²) in [6.07, 6.45) is -2.93. The van der Waals surface area contributed by atoms with Gasteiger partial charge >= 0.3 is 11.9 Å². The Bertz CT molecular complexity index is 886. The van der Waals surface area contributed by atoms with Gasteiger partial charge < -0.3 is 9.47 Å². The van der Waals surface area contributed by atoms with E-state index in [1.54, 1.807) is 27.7 Å². The van der Waals surface area contributed by atoms with Gasteiger partial charge in [0.05, 0.1) is 0 Å². The number of carbonyl (C=O) groups excluding carboxylic acids is 2. The predicted octanol–water partition coefficient (Wildman–Crippen LogP) is 6.21. The first-order valence-electron chi connectivity index (χ1n) is 10.4. The van der Waals surface area contributed by atoms with Crippen molar-refractivity contribution < 1.29 is 36.6 Å². The molecule has 2 aromatic rings. The van der Waals surface area contributed by atoms with E-state index in [0.29, 0.717) is 12.8 Å². The van der Waals surface area contributed by atoms with Gasteiger partial charge in [0.1, 0.15) is 0 Å². The fraction of sp³-hybridized carbons (Fsp3) is 0.417. The van der Waals surface area contributed by atoms with Crippen molar-refractivity contribution >= 4 is 11.9 Å². The Balaban J connectivity index is 2.16. The van der Waals surface area contributed by atoms with E-state index in [1.807, 2.05) is 0 Å². The monoisotopic (exact) mass is 454 g/mol. The molecule has 0 unspecified atom stereocenters. The highest BCUT2D eigenvalue weighted by molar-refractivity contribution is 5.78. The molecule has 0 aromatic heterocycles. The number of esters is 2. The van der Waals surface area contributed by atoms with E-state index in [-0.39, 0.29) is 11.1 Å². The second kappa shape index (κ2) is 11.1. The second-order valence-corrected chi connectivity index (χ2v) is 7.71. The average Bonchev–Trinajstić information content (AvgIpc) is 2.79. The molecular weight excluding hydrogens is 428 g/mol. The van der Waals surface area contributed by atoms with Crippen LogP contribution in [0.4, 0.5) is 17.6 Å². The third-order valence-corrected chi connectivity index (χ3v) is 5.36. The Kier molecular flexibility index (Phi) is 8.80. The fourth-order valence-corrected chi connectivity index (χ4v) is 2.73. The Morgan fingerprint density at radius 1 is 0.750 bits per heavy atom. The molecule has 0 radical (unpaired) electrons. The molecule has 4 nitrogen and oxygen atoms in total. The molecule has 0 aliphatic rings. The molecule has 0 aliphatic carbocycles. The lowest BCUT2D eigenvalue weighted by atomic mass is 10.0. The largest absolute Gasteiger partial charge is 0.421 e. The van der Waals surface area contributed by atoms with E-state index in [9.17, 15) is 27.2 Å². The van der Waals surface area contributed by atoms with Crippen molar-refractivity contribution in [3.05, 3.63) is 48.0 Å². The zero-order valence-corrected chi connectivity index (χ0v) is 18.3. The van der Waals surface area contributed by atoms with Crippen LogP contribution in [-0.4, -0.2) is 24.3 Å². The van der Waals surface area contributed by atoms with Crippen molar-refractivity contribution in [1.82, 2.24) is 0 Å². The Morgan fingerprint density at radius 3 is 1.38 bits per heavy atom. The number of alkyl halides is 2. The van der Waals surface area contributed by atoms with Crippen molar-refractivity contribution in [3.8, 4) is 22.6 Å². The number of benzene rings is 2. The van der Waals surface area contributed by atoms with Gasteiger partial charge in [-0.3, -0.25) is 0 Å². The Hall–Kier alpha value is -2.90. The lowest BCUT2D eigenvalue weighted by molar-refractivity contribution is -0.142. The van der Waals surface area contributed by atoms with Gasteiger partial charge in [-0.15, -0.1) is 0 Å². The number of rotatable bonds is 9. The molecule has 32 heavy (non-hydrogen) atoms. The molecule has 0 bridgehead atoms. The number of ether oxygens (including phenoxy) is 2. The molecule has 0 aliphatic heterocycles. The standard InChI is InChI=1S/C24H26F4O4/c1-5-13(3)21(27)23(29)31-19-9-7-15(11-17(19)25)16-8-10-20(18(26)12-16)32-24(30)22(28)14(4)6-2/h7-14,21-22H,5-6H2,1-4H3/t13-,14-,21+,22+/m0/s1. The van der Waals surface area contributed by atoms with Crippen molar-refractivity contribution in [3.63, 3.8) is 0 Å². The molecule has 2 rings (SSSR count). The fourth-order valence-electron chi connectivity index (χ4n) is 2.73. The molecular formula is C24H26F4O4. The van der Waals surface area contributed by atoms with Crippen LogP contribution in [0.1, 0.15) is 40.5 Å². The van der Waals surface area contributed by atoms with Gasteiger partial charge in [-0.2, -0.15) is 0 Å². The van der Waals surface area contributed by atoms with Gasteiger partial charge in [0.25, 0.3) is 0 Å². The van der Waals surface area contributed by atoms with Crippen LogP contribution >= 0.6 is 0 Å². The van der Waals surface area contributed by atoms with Gasteiger partial charge in [-0.1, -0.05) is 52.7 Å². The summed E-state index contributed by atoms with van der Waals surface area (Å²) >= 11 is 0. The van der Waals surface area contributed by atoms with E-state index in [4.69, 9.17) is 9.47 Å². The quantitative estimate of drug-likeness (QED) is 0.257. The maximum Gasteiger partial charge on any atom is 0.346 e. The maximum absolute atomic E-state index is 14.4. The van der Waals surface area contributed by atoms with Gasteiger partial charge in [0.2, 0.25) is 0 Å². The van der Waals surface area contributed by atoms with Crippen LogP contribution in [0, 0.1) is 23.5 Å². The third-order valence-electron chi connectivity index (χ3n) is 5.36. The van der Waals surface area contributed by atoms with Crippen LogP contribution in [0.2, 0.25) is 0 Å². The summed E-state index contributed by atoms with van der Waals surface area (Å²) in [5.74, 6) is -6.28. The Labute approximate surface area is 184 Å². The lowest BCUT2D eigenvalue weighted by Gasteiger charge is -2.15. The summed E-state index contributed by atoms with van der Waals surface area (Å²) in [6, 6.07) is 7.00. The van der Waals surface area contributed by atoms with Crippen molar-refractivity contribution in [2.24, 2.45) is 11.8 Å². The lowest BCUT2D eigenvalue weighted by Crippen LogP contribution is -2.28. The van der Waals surface area contributed by atoms with E-state index >= 15 is 0 Å². The highest BCUT2D eigenvalue weighted by Gasteiger charge is 2.27. The Morgan fingerprint density at radius 2 is 1.09 bits per heavy atom. The molecule has 174 valence electrons. The van der Waals surface area contributed by atoms with Crippen molar-refractivity contribution in [2.75, 3.05) is 0 Å². The molecule has 0 fully saturated rings. The molecule has 0 N–H and O–H groups in total. The summed E-state index contributed by atoms with van der Waals surface area (Å²) in [6.45, 7) is 6.51. The van der Waals surface area contributed by atoms with Gasteiger partial charge in [-0.05, 0) is 47.2 Å². The minimum atomic E-state index is -1.88. The van der Waals surface area contributed by atoms with Crippen LogP contribution in [0.5, 0.6) is 11.5 Å². The van der Waals surface area contributed by atoms with E-state index in [0.717, 1.165) is 24.3 Å². The third kappa shape index (κ3) is 6.08. The zero-order valence-electron chi connectivity index (χ0n) is 18.3. The van der Waals surface area contributed by atoms with Crippen molar-refractivity contribution in [2.45, 2.75) is 52.9 Å². The zero-order chi connectivity index (χ0) is 24.0. The average molecular weight is 454 g/mol. The molecule has 0 saturated heterocycles. The first kappa shape index (κ1) is 25.4. The molecule has 2 aromatic carbocycles. The highest BCUT2D eigenvalue weighted by Crippen LogP contribution is 2.30. The normalized spacial score (nSPS) is 14.9. The van der Waals surface area contributed by atoms with Crippen LogP contribution in [0.3, 0.4) is 0 Å². The SMILES string of the molecule is CC[C@H](C)[C@@H](F)C(=O)Oc1ccc(-c2ccc(OC(=O)[C@H](F)[C@@H](C)CC)c(F)c2)cc1F. The number of hydrogen-bond donors (Lipinski definition) is 0. The minimum absolute atomic E-state index is 0.237. The molecule has 0 heterocycles. The molecule has 0 spiro atoms. The first-order chi connectivity index (χ1) is 15.1. The van der Waals surface area contributed by atoms with E-state index in [1.165, 1.54) is 12.1 Å². The topological polar surface area (TPSA) is 52.6 Å². The maximum atomic E-state index is 14.4. The summed E-state index contributed by atoms with van der Waals surface area (Å²) < 4.78 is 66.3. The van der Waals surface area contributed by atoms with Crippen LogP contribution in [-0.2, 0) is 9.59 Å². The minimum Gasteiger partial charge on any atom is -0.421 e. The van der Waals surface area contributed by atoms with Crippen LogP contribution in [0.15, 0.2) is 36.4 Å². The first-order valence-corrected chi connectivity index (χ1v) is 10.4. The molecule has 8 heteroatoms. The summed E-state index contributed by atoms with van der Waals surface area (Å²) in [5, 5.41) is 0. The predicted molar refractivity (Wildman–Crippen MR) is 112 cm³/mol. The van der Waals surface area contributed by atoms with Gasteiger partial charge in [0.15, 0.2) is 35.5 Å². The van der Waals surface area contributed by atoms with Crippen molar-refractivity contribution in [1.29, 1.82) is 0 Å². The molecule has 4 atom stereocenters. The number of halogens is 4. The summed E-state index contributed by atoms with van der Waals surface area (Å²) in [5.41, 5.74) is 0.474.